The van der Waals surface area contributed by atoms with Crippen LogP contribution in [0.2, 0.25) is 5.02 Å². The number of carboxylic acid groups (broad SMARTS) is 1. The smallest absolute Gasteiger partial charge is 0.407 e. The van der Waals surface area contributed by atoms with E-state index >= 15 is 0 Å². The molecule has 17 heavy (non-hydrogen) atoms. The van der Waals surface area contributed by atoms with Crippen LogP contribution in [0.5, 0.6) is 5.88 Å². The molecule has 0 spiro atoms. The van der Waals surface area contributed by atoms with Crippen molar-refractivity contribution in [2.24, 2.45) is 0 Å². The summed E-state index contributed by atoms with van der Waals surface area (Å²) in [5, 5.41) is 9.29. The number of piperidine rings is 1. The highest BCUT2D eigenvalue weighted by atomic mass is 35.5. The Bertz CT molecular complexity index is 405. The minimum Gasteiger partial charge on any atom is -0.473 e. The largest absolute Gasteiger partial charge is 0.473 e. The van der Waals surface area contributed by atoms with Crippen LogP contribution in [0, 0.1) is 0 Å². The second-order valence-electron chi connectivity index (χ2n) is 3.88. The predicted molar refractivity (Wildman–Crippen MR) is 62.5 cm³/mol. The lowest BCUT2D eigenvalue weighted by atomic mass is 10.1. The first-order chi connectivity index (χ1) is 8.16. The van der Waals surface area contributed by atoms with Gasteiger partial charge < -0.3 is 14.7 Å². The molecule has 1 aliphatic heterocycles. The molecule has 0 radical (unpaired) electrons. The van der Waals surface area contributed by atoms with E-state index in [1.165, 1.54) is 4.90 Å². The van der Waals surface area contributed by atoms with Crippen molar-refractivity contribution in [3.8, 4) is 5.88 Å². The SMILES string of the molecule is O=C(O)N1CCC(Oc2ncccc2Cl)CC1. The van der Waals surface area contributed by atoms with Crippen molar-refractivity contribution in [1.29, 1.82) is 0 Å². The minimum absolute atomic E-state index is 0.0157. The van der Waals surface area contributed by atoms with Crippen LogP contribution >= 0.6 is 11.6 Å². The molecule has 2 rings (SSSR count). The van der Waals surface area contributed by atoms with E-state index in [-0.39, 0.29) is 6.10 Å². The summed E-state index contributed by atoms with van der Waals surface area (Å²) >= 11 is 5.93. The summed E-state index contributed by atoms with van der Waals surface area (Å²) in [5.74, 6) is 0.419. The van der Waals surface area contributed by atoms with Crippen molar-refractivity contribution >= 4 is 17.7 Å². The maximum Gasteiger partial charge on any atom is 0.407 e. The lowest BCUT2D eigenvalue weighted by molar-refractivity contribution is 0.0871. The molecule has 0 bridgehead atoms. The minimum atomic E-state index is -0.876. The van der Waals surface area contributed by atoms with Gasteiger partial charge in [-0.05, 0) is 12.1 Å². The van der Waals surface area contributed by atoms with Gasteiger partial charge in [-0.1, -0.05) is 11.6 Å². The maximum atomic E-state index is 10.7. The molecule has 1 aliphatic rings. The van der Waals surface area contributed by atoms with E-state index in [2.05, 4.69) is 4.98 Å². The number of halogens is 1. The molecular weight excluding hydrogens is 244 g/mol. The third-order valence-electron chi connectivity index (χ3n) is 2.72. The molecule has 1 fully saturated rings. The third-order valence-corrected chi connectivity index (χ3v) is 3.00. The second-order valence-corrected chi connectivity index (χ2v) is 4.28. The Balaban J connectivity index is 1.90. The Morgan fingerprint density at radius 1 is 1.53 bits per heavy atom. The number of nitrogens with zero attached hydrogens (tertiary/aromatic N) is 2. The Hall–Kier alpha value is -1.49. The van der Waals surface area contributed by atoms with E-state index in [9.17, 15) is 4.79 Å². The molecule has 0 saturated carbocycles. The highest BCUT2D eigenvalue weighted by molar-refractivity contribution is 6.31. The molecule has 0 aliphatic carbocycles. The average molecular weight is 257 g/mol. The Morgan fingerprint density at radius 2 is 2.24 bits per heavy atom. The molecule has 6 heteroatoms. The molecule has 0 aromatic carbocycles. The molecule has 1 amide bonds. The molecule has 1 N–H and O–H groups in total. The van der Waals surface area contributed by atoms with Crippen molar-refractivity contribution < 1.29 is 14.6 Å². The van der Waals surface area contributed by atoms with Gasteiger partial charge in [0.05, 0.1) is 0 Å². The van der Waals surface area contributed by atoms with E-state index in [1.807, 2.05) is 0 Å². The monoisotopic (exact) mass is 256 g/mol. The highest BCUT2D eigenvalue weighted by Gasteiger charge is 2.24. The fourth-order valence-corrected chi connectivity index (χ4v) is 1.95. The van der Waals surface area contributed by atoms with Crippen LogP contribution in [-0.4, -0.2) is 40.3 Å². The van der Waals surface area contributed by atoms with Crippen LogP contribution in [0.3, 0.4) is 0 Å². The molecule has 1 saturated heterocycles. The summed E-state index contributed by atoms with van der Waals surface area (Å²) < 4.78 is 5.65. The van der Waals surface area contributed by atoms with Crippen molar-refractivity contribution in [3.05, 3.63) is 23.4 Å². The van der Waals surface area contributed by atoms with E-state index in [0.29, 0.717) is 36.8 Å². The van der Waals surface area contributed by atoms with Gasteiger partial charge in [-0.25, -0.2) is 9.78 Å². The quantitative estimate of drug-likeness (QED) is 0.882. The topological polar surface area (TPSA) is 62.7 Å². The van der Waals surface area contributed by atoms with Gasteiger partial charge in [-0.2, -0.15) is 0 Å². The van der Waals surface area contributed by atoms with Crippen LogP contribution in [0.15, 0.2) is 18.3 Å². The number of carbonyl (C=O) groups is 1. The van der Waals surface area contributed by atoms with Crippen molar-refractivity contribution in [3.63, 3.8) is 0 Å². The van der Waals surface area contributed by atoms with E-state index < -0.39 is 6.09 Å². The Morgan fingerprint density at radius 3 is 2.82 bits per heavy atom. The standard InChI is InChI=1S/C11H13ClN2O3/c12-9-2-1-5-13-10(9)17-8-3-6-14(7-4-8)11(15)16/h1-2,5,8H,3-4,6-7H2,(H,15,16). The predicted octanol–water partition coefficient (Wildman–Crippen LogP) is 2.26. The number of amides is 1. The Labute approximate surface area is 104 Å². The number of hydrogen-bond donors (Lipinski definition) is 1. The normalized spacial score (nSPS) is 16.9. The summed E-state index contributed by atoms with van der Waals surface area (Å²) in [7, 11) is 0. The lowest BCUT2D eigenvalue weighted by Crippen LogP contribution is -2.41. The van der Waals surface area contributed by atoms with Crippen LogP contribution < -0.4 is 4.74 Å². The molecule has 1 aromatic heterocycles. The summed E-state index contributed by atoms with van der Waals surface area (Å²) in [5.41, 5.74) is 0. The first-order valence-corrected chi connectivity index (χ1v) is 5.79. The van der Waals surface area contributed by atoms with E-state index in [1.54, 1.807) is 18.3 Å². The maximum absolute atomic E-state index is 10.7. The van der Waals surface area contributed by atoms with Crippen molar-refractivity contribution in [1.82, 2.24) is 9.88 Å². The van der Waals surface area contributed by atoms with Gasteiger partial charge >= 0.3 is 6.09 Å². The van der Waals surface area contributed by atoms with Crippen LogP contribution in [0.25, 0.3) is 0 Å². The number of ether oxygens (including phenoxy) is 1. The second kappa shape index (κ2) is 5.23. The average Bonchev–Trinajstić information content (AvgIpc) is 2.33. The number of hydrogen-bond acceptors (Lipinski definition) is 3. The number of pyridine rings is 1. The first-order valence-electron chi connectivity index (χ1n) is 5.42. The number of rotatable bonds is 2. The lowest BCUT2D eigenvalue weighted by Gasteiger charge is -2.30. The van der Waals surface area contributed by atoms with Gasteiger partial charge in [0.25, 0.3) is 0 Å². The summed E-state index contributed by atoms with van der Waals surface area (Å²) in [4.78, 5) is 16.2. The van der Waals surface area contributed by atoms with Gasteiger partial charge in [0, 0.05) is 32.1 Å². The third kappa shape index (κ3) is 3.00. The molecule has 1 aromatic rings. The Kier molecular flexibility index (Phi) is 3.68. The molecule has 0 unspecified atom stereocenters. The zero-order chi connectivity index (χ0) is 12.3. The van der Waals surface area contributed by atoms with Gasteiger partial charge in [0.15, 0.2) is 0 Å². The first kappa shape index (κ1) is 12.0. The summed E-state index contributed by atoms with van der Waals surface area (Å²) in [6.07, 6.45) is 2.06. The fourth-order valence-electron chi connectivity index (χ4n) is 1.78. The molecule has 92 valence electrons. The van der Waals surface area contributed by atoms with Gasteiger partial charge in [-0.15, -0.1) is 0 Å². The van der Waals surface area contributed by atoms with Gasteiger partial charge in [-0.3, -0.25) is 0 Å². The number of aromatic nitrogens is 1. The van der Waals surface area contributed by atoms with E-state index in [0.717, 1.165) is 0 Å². The molecular formula is C11H13ClN2O3. The van der Waals surface area contributed by atoms with Crippen LogP contribution in [-0.2, 0) is 0 Å². The van der Waals surface area contributed by atoms with Gasteiger partial charge in [0.1, 0.15) is 11.1 Å². The molecule has 0 atom stereocenters. The fraction of sp³-hybridized carbons (Fsp3) is 0.455. The van der Waals surface area contributed by atoms with Crippen molar-refractivity contribution in [2.45, 2.75) is 18.9 Å². The van der Waals surface area contributed by atoms with Crippen molar-refractivity contribution in [2.75, 3.05) is 13.1 Å². The van der Waals surface area contributed by atoms with Gasteiger partial charge in [0.2, 0.25) is 5.88 Å². The van der Waals surface area contributed by atoms with E-state index in [4.69, 9.17) is 21.4 Å². The summed E-state index contributed by atoms with van der Waals surface area (Å²) in [6, 6.07) is 3.46. The summed E-state index contributed by atoms with van der Waals surface area (Å²) in [6.45, 7) is 0.981. The zero-order valence-electron chi connectivity index (χ0n) is 9.17. The highest BCUT2D eigenvalue weighted by Crippen LogP contribution is 2.24. The van der Waals surface area contributed by atoms with Crippen LogP contribution in [0.1, 0.15) is 12.8 Å². The van der Waals surface area contributed by atoms with Crippen LogP contribution in [0.4, 0.5) is 4.79 Å². The number of likely N-dealkylation sites (tertiary alicyclic amines) is 1. The molecule has 2 heterocycles. The molecule has 5 nitrogen and oxygen atoms in total. The zero-order valence-corrected chi connectivity index (χ0v) is 9.93.